The van der Waals surface area contributed by atoms with Crippen LogP contribution in [0.5, 0.6) is 0 Å². The van der Waals surface area contributed by atoms with Crippen molar-refractivity contribution in [2.75, 3.05) is 18.4 Å². The molecule has 2 aromatic rings. The summed E-state index contributed by atoms with van der Waals surface area (Å²) < 4.78 is 1.87. The smallest absolute Gasteiger partial charge is 0.278 e. The second-order valence-corrected chi connectivity index (χ2v) is 7.94. The lowest BCUT2D eigenvalue weighted by Gasteiger charge is -2.23. The van der Waals surface area contributed by atoms with Gasteiger partial charge in [-0.3, -0.25) is 9.59 Å². The fourth-order valence-corrected chi connectivity index (χ4v) is 4.18. The van der Waals surface area contributed by atoms with Gasteiger partial charge in [0.2, 0.25) is 0 Å². The second kappa shape index (κ2) is 8.73. The predicted octanol–water partition coefficient (Wildman–Crippen LogP) is 2.44. The molecule has 1 saturated carbocycles. The molecule has 4 rings (SSSR count). The molecule has 29 heavy (non-hydrogen) atoms. The molecule has 8 nitrogen and oxygen atoms in total. The lowest BCUT2D eigenvalue weighted by atomic mass is 10.1. The van der Waals surface area contributed by atoms with Crippen LogP contribution < -0.4 is 16.0 Å². The third-order valence-electron chi connectivity index (χ3n) is 5.89. The SMILES string of the molecule is Cc1c(C(=O)Nc2ccc(C(=O)NC3CCCC3)cc2)nnn1C1CCNCC1. The van der Waals surface area contributed by atoms with Gasteiger partial charge in [0.1, 0.15) is 0 Å². The van der Waals surface area contributed by atoms with Crippen molar-refractivity contribution < 1.29 is 9.59 Å². The molecule has 0 unspecified atom stereocenters. The van der Waals surface area contributed by atoms with Crippen LogP contribution >= 0.6 is 0 Å². The first-order valence-electron chi connectivity index (χ1n) is 10.5. The van der Waals surface area contributed by atoms with Gasteiger partial charge >= 0.3 is 0 Å². The number of aromatic nitrogens is 3. The molecule has 1 aliphatic heterocycles. The van der Waals surface area contributed by atoms with Gasteiger partial charge in [-0.1, -0.05) is 18.1 Å². The number of anilines is 1. The Labute approximate surface area is 170 Å². The van der Waals surface area contributed by atoms with Crippen LogP contribution in [0.15, 0.2) is 24.3 Å². The molecule has 0 atom stereocenters. The quantitative estimate of drug-likeness (QED) is 0.721. The van der Waals surface area contributed by atoms with Crippen molar-refractivity contribution >= 4 is 17.5 Å². The Morgan fingerprint density at radius 2 is 1.72 bits per heavy atom. The number of hydrogen-bond acceptors (Lipinski definition) is 5. The normalized spacial score (nSPS) is 18.0. The van der Waals surface area contributed by atoms with Gasteiger partial charge in [0.05, 0.1) is 11.7 Å². The maximum absolute atomic E-state index is 12.7. The van der Waals surface area contributed by atoms with Crippen LogP contribution in [0.1, 0.15) is 71.1 Å². The van der Waals surface area contributed by atoms with Gasteiger partial charge in [0.15, 0.2) is 5.69 Å². The summed E-state index contributed by atoms with van der Waals surface area (Å²) >= 11 is 0. The summed E-state index contributed by atoms with van der Waals surface area (Å²) in [6.45, 7) is 3.78. The van der Waals surface area contributed by atoms with Crippen molar-refractivity contribution in [3.05, 3.63) is 41.2 Å². The average molecular weight is 396 g/mol. The fraction of sp³-hybridized carbons (Fsp3) is 0.524. The van der Waals surface area contributed by atoms with Crippen LogP contribution in [0.2, 0.25) is 0 Å². The number of rotatable bonds is 5. The molecule has 0 bridgehead atoms. The molecule has 2 heterocycles. The zero-order valence-electron chi connectivity index (χ0n) is 16.8. The topological polar surface area (TPSA) is 101 Å². The number of piperidine rings is 1. The molecule has 3 N–H and O–H groups in total. The lowest BCUT2D eigenvalue weighted by molar-refractivity contribution is 0.0937. The summed E-state index contributed by atoms with van der Waals surface area (Å²) in [5, 5.41) is 17.6. The number of carbonyl (C=O) groups excluding carboxylic acids is 2. The summed E-state index contributed by atoms with van der Waals surface area (Å²) in [5.74, 6) is -0.346. The Morgan fingerprint density at radius 3 is 2.41 bits per heavy atom. The van der Waals surface area contributed by atoms with E-state index < -0.39 is 0 Å². The van der Waals surface area contributed by atoms with E-state index in [1.54, 1.807) is 24.3 Å². The van der Waals surface area contributed by atoms with Crippen molar-refractivity contribution in [1.29, 1.82) is 0 Å². The monoisotopic (exact) mass is 396 g/mol. The number of nitrogens with one attached hydrogen (secondary N) is 3. The molecular formula is C21H28N6O2. The minimum absolute atomic E-state index is 0.0597. The first-order valence-corrected chi connectivity index (χ1v) is 10.5. The standard InChI is InChI=1S/C21H28N6O2/c1-14-19(25-26-27(14)18-10-12-22-13-11-18)21(29)24-17-8-6-15(7-9-17)20(28)23-16-4-2-3-5-16/h6-9,16,18,22H,2-5,10-13H2,1H3,(H,23,28)(H,24,29). The number of nitrogens with zero attached hydrogens (tertiary/aromatic N) is 3. The number of benzene rings is 1. The molecule has 2 amide bonds. The first kappa shape index (κ1) is 19.6. The van der Waals surface area contributed by atoms with Crippen molar-refractivity contribution in [3.63, 3.8) is 0 Å². The average Bonchev–Trinajstić information content (AvgIpc) is 3.38. The highest BCUT2D eigenvalue weighted by Crippen LogP contribution is 2.21. The molecule has 1 aromatic heterocycles. The van der Waals surface area contributed by atoms with Gasteiger partial charge in [-0.25, -0.2) is 4.68 Å². The molecule has 154 valence electrons. The minimum atomic E-state index is -0.286. The van der Waals surface area contributed by atoms with Crippen LogP contribution in [-0.4, -0.2) is 45.9 Å². The van der Waals surface area contributed by atoms with Crippen LogP contribution in [0.3, 0.4) is 0 Å². The predicted molar refractivity (Wildman–Crippen MR) is 110 cm³/mol. The van der Waals surface area contributed by atoms with Gasteiger partial charge in [0.25, 0.3) is 11.8 Å². The molecule has 1 aliphatic carbocycles. The molecule has 1 saturated heterocycles. The number of hydrogen-bond donors (Lipinski definition) is 3. The Balaban J connectivity index is 1.38. The van der Waals surface area contributed by atoms with Crippen LogP contribution in [0.25, 0.3) is 0 Å². The van der Waals surface area contributed by atoms with Gasteiger partial charge < -0.3 is 16.0 Å². The summed E-state index contributed by atoms with van der Waals surface area (Å²) in [6.07, 6.45) is 6.43. The maximum Gasteiger partial charge on any atom is 0.278 e. The van der Waals surface area contributed by atoms with Gasteiger partial charge in [-0.2, -0.15) is 0 Å². The van der Waals surface area contributed by atoms with E-state index in [9.17, 15) is 9.59 Å². The molecule has 2 aliphatic rings. The Bertz CT molecular complexity index is 864. The van der Waals surface area contributed by atoms with Crippen LogP contribution in [0, 0.1) is 6.92 Å². The summed E-state index contributed by atoms with van der Waals surface area (Å²) in [6, 6.07) is 7.52. The van der Waals surface area contributed by atoms with Crippen molar-refractivity contribution in [2.24, 2.45) is 0 Å². The molecule has 8 heteroatoms. The van der Waals surface area contributed by atoms with E-state index in [1.165, 1.54) is 12.8 Å². The van der Waals surface area contributed by atoms with Crippen molar-refractivity contribution in [3.8, 4) is 0 Å². The fourth-order valence-electron chi connectivity index (χ4n) is 4.18. The van der Waals surface area contributed by atoms with Crippen LogP contribution in [-0.2, 0) is 0 Å². The summed E-state index contributed by atoms with van der Waals surface area (Å²) in [5.41, 5.74) is 2.35. The van der Waals surface area contributed by atoms with Crippen molar-refractivity contribution in [1.82, 2.24) is 25.6 Å². The Morgan fingerprint density at radius 1 is 1.03 bits per heavy atom. The van der Waals surface area contributed by atoms with E-state index in [4.69, 9.17) is 0 Å². The van der Waals surface area contributed by atoms with Gasteiger partial charge in [0, 0.05) is 17.3 Å². The lowest BCUT2D eigenvalue weighted by Crippen LogP contribution is -2.32. The third-order valence-corrected chi connectivity index (χ3v) is 5.89. The largest absolute Gasteiger partial charge is 0.349 e. The molecule has 2 fully saturated rings. The second-order valence-electron chi connectivity index (χ2n) is 7.94. The van der Waals surface area contributed by atoms with E-state index in [-0.39, 0.29) is 23.9 Å². The zero-order chi connectivity index (χ0) is 20.2. The summed E-state index contributed by atoms with van der Waals surface area (Å²) in [7, 11) is 0. The number of amides is 2. The van der Waals surface area contributed by atoms with E-state index in [0.29, 0.717) is 16.9 Å². The van der Waals surface area contributed by atoms with Gasteiger partial charge in [-0.15, -0.1) is 5.10 Å². The highest BCUT2D eigenvalue weighted by atomic mass is 16.2. The zero-order valence-corrected chi connectivity index (χ0v) is 16.8. The highest BCUT2D eigenvalue weighted by molar-refractivity contribution is 6.04. The van der Waals surface area contributed by atoms with Crippen molar-refractivity contribution in [2.45, 2.75) is 57.5 Å². The number of carbonyl (C=O) groups is 2. The molecule has 0 radical (unpaired) electrons. The maximum atomic E-state index is 12.7. The Hall–Kier alpha value is -2.74. The van der Waals surface area contributed by atoms with E-state index in [2.05, 4.69) is 26.3 Å². The van der Waals surface area contributed by atoms with E-state index in [0.717, 1.165) is 44.5 Å². The summed E-state index contributed by atoms with van der Waals surface area (Å²) in [4.78, 5) is 25.0. The first-order chi connectivity index (χ1) is 14.1. The highest BCUT2D eigenvalue weighted by Gasteiger charge is 2.23. The van der Waals surface area contributed by atoms with E-state index in [1.807, 2.05) is 11.6 Å². The Kier molecular flexibility index (Phi) is 5.89. The molecule has 0 spiro atoms. The minimum Gasteiger partial charge on any atom is -0.349 e. The molecular weight excluding hydrogens is 368 g/mol. The van der Waals surface area contributed by atoms with Crippen LogP contribution in [0.4, 0.5) is 5.69 Å². The van der Waals surface area contributed by atoms with Gasteiger partial charge in [-0.05, 0) is 70.0 Å². The molecule has 1 aromatic carbocycles. The third kappa shape index (κ3) is 4.48. The van der Waals surface area contributed by atoms with E-state index >= 15 is 0 Å².